The third-order valence-electron chi connectivity index (χ3n) is 5.76. The van der Waals surface area contributed by atoms with Crippen molar-refractivity contribution in [3.8, 4) is 11.5 Å². The van der Waals surface area contributed by atoms with E-state index in [-0.39, 0.29) is 34.4 Å². The average molecular weight is 532 g/mol. The molecule has 0 fully saturated rings. The highest BCUT2D eigenvalue weighted by atomic mass is 16.6. The Morgan fingerprint density at radius 1 is 0.949 bits per heavy atom. The van der Waals surface area contributed by atoms with Crippen molar-refractivity contribution in [3.63, 3.8) is 0 Å². The maximum atomic E-state index is 12.3. The summed E-state index contributed by atoms with van der Waals surface area (Å²) in [5.41, 5.74) is 4.48. The highest BCUT2D eigenvalue weighted by Gasteiger charge is 2.27. The van der Waals surface area contributed by atoms with Gasteiger partial charge in [-0.3, -0.25) is 14.9 Å². The van der Waals surface area contributed by atoms with Gasteiger partial charge in [-0.25, -0.2) is 10.2 Å². The largest absolute Gasteiger partial charge is 0.484 e. The number of nitro groups is 1. The highest BCUT2D eigenvalue weighted by molar-refractivity contribution is 5.91. The predicted octanol–water partition coefficient (Wildman–Crippen LogP) is 6.06. The molecule has 1 amide bonds. The SMILES string of the molecule is CC(C)(C)CC(C)(C)c1ccc(OCC(=O)N/N=C/c2cccc(OC(=O)c3ccc([N+](=O)[O-])cc3)c2)cc1. The zero-order valence-corrected chi connectivity index (χ0v) is 22.8. The van der Waals surface area contributed by atoms with Crippen LogP contribution in [0.25, 0.3) is 0 Å². The van der Waals surface area contributed by atoms with Crippen molar-refractivity contribution in [2.45, 2.75) is 46.5 Å². The quantitative estimate of drug-likeness (QED) is 0.112. The van der Waals surface area contributed by atoms with E-state index in [1.165, 1.54) is 36.0 Å². The van der Waals surface area contributed by atoms with Crippen LogP contribution in [-0.2, 0) is 10.2 Å². The Kier molecular flexibility index (Phi) is 9.19. The van der Waals surface area contributed by atoms with Crippen LogP contribution in [0.3, 0.4) is 0 Å². The number of esters is 1. The second kappa shape index (κ2) is 12.3. The van der Waals surface area contributed by atoms with Crippen LogP contribution >= 0.6 is 0 Å². The number of carbonyl (C=O) groups is 2. The van der Waals surface area contributed by atoms with Gasteiger partial charge < -0.3 is 9.47 Å². The molecular formula is C30H33N3O6. The summed E-state index contributed by atoms with van der Waals surface area (Å²) in [6.07, 6.45) is 2.44. The molecule has 0 atom stereocenters. The molecule has 0 saturated heterocycles. The molecule has 0 heterocycles. The van der Waals surface area contributed by atoms with E-state index in [9.17, 15) is 19.7 Å². The summed E-state index contributed by atoms with van der Waals surface area (Å²) in [7, 11) is 0. The molecule has 0 aliphatic carbocycles. The zero-order chi connectivity index (χ0) is 28.6. The first-order chi connectivity index (χ1) is 18.3. The van der Waals surface area contributed by atoms with E-state index < -0.39 is 16.8 Å². The average Bonchev–Trinajstić information content (AvgIpc) is 2.86. The van der Waals surface area contributed by atoms with Gasteiger partial charge in [0.15, 0.2) is 6.61 Å². The first kappa shape index (κ1) is 29.0. The Morgan fingerprint density at radius 2 is 1.62 bits per heavy atom. The number of rotatable bonds is 10. The number of benzene rings is 3. The molecule has 3 rings (SSSR count). The van der Waals surface area contributed by atoms with Gasteiger partial charge in [0.2, 0.25) is 0 Å². The molecular weight excluding hydrogens is 498 g/mol. The minimum Gasteiger partial charge on any atom is -0.484 e. The van der Waals surface area contributed by atoms with Crippen molar-refractivity contribution in [2.24, 2.45) is 10.5 Å². The number of non-ortho nitro benzene ring substituents is 1. The Labute approximate surface area is 228 Å². The van der Waals surface area contributed by atoms with Crippen molar-refractivity contribution < 1.29 is 24.0 Å². The second-order valence-electron chi connectivity index (χ2n) is 11.0. The van der Waals surface area contributed by atoms with E-state index in [1.807, 2.05) is 24.3 Å². The third-order valence-corrected chi connectivity index (χ3v) is 5.76. The van der Waals surface area contributed by atoms with Crippen LogP contribution in [0.5, 0.6) is 11.5 Å². The third kappa shape index (κ3) is 9.07. The number of carbonyl (C=O) groups excluding carboxylic acids is 2. The Hall–Kier alpha value is -4.53. The number of hydrogen-bond donors (Lipinski definition) is 1. The molecule has 0 aromatic heterocycles. The molecule has 0 aliphatic rings. The van der Waals surface area contributed by atoms with Crippen LogP contribution in [0, 0.1) is 15.5 Å². The van der Waals surface area contributed by atoms with Gasteiger partial charge in [-0.05, 0) is 64.8 Å². The van der Waals surface area contributed by atoms with Gasteiger partial charge in [-0.15, -0.1) is 0 Å². The summed E-state index contributed by atoms with van der Waals surface area (Å²) in [4.78, 5) is 34.7. The summed E-state index contributed by atoms with van der Waals surface area (Å²) in [6.45, 7) is 10.9. The number of ether oxygens (including phenoxy) is 2. The molecule has 9 nitrogen and oxygen atoms in total. The minimum absolute atomic E-state index is 0.0171. The number of amides is 1. The smallest absolute Gasteiger partial charge is 0.343 e. The number of nitrogens with one attached hydrogen (secondary N) is 1. The maximum Gasteiger partial charge on any atom is 0.343 e. The lowest BCUT2D eigenvalue weighted by Crippen LogP contribution is -2.25. The molecule has 0 saturated carbocycles. The molecule has 3 aromatic carbocycles. The van der Waals surface area contributed by atoms with E-state index >= 15 is 0 Å². The van der Waals surface area contributed by atoms with Gasteiger partial charge >= 0.3 is 5.97 Å². The first-order valence-corrected chi connectivity index (χ1v) is 12.4. The van der Waals surface area contributed by atoms with Crippen LogP contribution < -0.4 is 14.9 Å². The Bertz CT molecular complexity index is 1340. The predicted molar refractivity (Wildman–Crippen MR) is 149 cm³/mol. The van der Waals surface area contributed by atoms with Gasteiger partial charge in [0, 0.05) is 12.1 Å². The van der Waals surface area contributed by atoms with Crippen LogP contribution in [0.2, 0.25) is 0 Å². The molecule has 204 valence electrons. The van der Waals surface area contributed by atoms with E-state index in [4.69, 9.17) is 9.47 Å². The van der Waals surface area contributed by atoms with Crippen LogP contribution in [0.15, 0.2) is 77.9 Å². The van der Waals surface area contributed by atoms with E-state index in [2.05, 4.69) is 45.1 Å². The van der Waals surface area contributed by atoms with Crippen molar-refractivity contribution >= 4 is 23.8 Å². The molecule has 1 N–H and O–H groups in total. The van der Waals surface area contributed by atoms with Gasteiger partial charge in [0.05, 0.1) is 16.7 Å². The van der Waals surface area contributed by atoms with Crippen molar-refractivity contribution in [3.05, 3.63) is 99.6 Å². The lowest BCUT2D eigenvalue weighted by atomic mass is 9.72. The van der Waals surface area contributed by atoms with Crippen molar-refractivity contribution in [2.75, 3.05) is 6.61 Å². The molecule has 0 spiro atoms. The number of nitrogens with zero attached hydrogens (tertiary/aromatic N) is 2. The zero-order valence-electron chi connectivity index (χ0n) is 22.8. The molecule has 39 heavy (non-hydrogen) atoms. The van der Waals surface area contributed by atoms with Gasteiger partial charge in [0.25, 0.3) is 11.6 Å². The van der Waals surface area contributed by atoms with Crippen LogP contribution in [-0.4, -0.2) is 29.6 Å². The highest BCUT2D eigenvalue weighted by Crippen LogP contribution is 2.36. The summed E-state index contributed by atoms with van der Waals surface area (Å²) in [5.74, 6) is -0.238. The fourth-order valence-electron chi connectivity index (χ4n) is 4.33. The van der Waals surface area contributed by atoms with Crippen LogP contribution in [0.4, 0.5) is 5.69 Å². The summed E-state index contributed by atoms with van der Waals surface area (Å²) in [6, 6.07) is 19.4. The number of hydrogen-bond acceptors (Lipinski definition) is 7. The summed E-state index contributed by atoms with van der Waals surface area (Å²) < 4.78 is 10.9. The molecule has 0 radical (unpaired) electrons. The molecule has 0 aliphatic heterocycles. The molecule has 9 heteroatoms. The van der Waals surface area contributed by atoms with Crippen molar-refractivity contribution in [1.29, 1.82) is 0 Å². The fourth-order valence-corrected chi connectivity index (χ4v) is 4.33. The van der Waals surface area contributed by atoms with E-state index in [0.29, 0.717) is 11.3 Å². The minimum atomic E-state index is -0.657. The monoisotopic (exact) mass is 531 g/mol. The molecule has 3 aromatic rings. The van der Waals surface area contributed by atoms with Gasteiger partial charge in [0.1, 0.15) is 11.5 Å². The number of nitro benzene ring substituents is 1. The first-order valence-electron chi connectivity index (χ1n) is 12.4. The van der Waals surface area contributed by atoms with E-state index in [0.717, 1.165) is 6.42 Å². The Balaban J connectivity index is 1.49. The standard InChI is InChI=1S/C30H33N3O6/c1-29(2,3)20-30(4,5)23-11-15-25(16-12-23)38-19-27(34)32-31-18-21-7-6-8-26(17-21)39-28(35)22-9-13-24(14-10-22)33(36)37/h6-18H,19-20H2,1-5H3,(H,32,34)/b31-18+. The van der Waals surface area contributed by atoms with Gasteiger partial charge in [-0.1, -0.05) is 58.9 Å². The summed E-state index contributed by atoms with van der Waals surface area (Å²) >= 11 is 0. The normalized spacial score (nSPS) is 11.7. The van der Waals surface area contributed by atoms with Gasteiger partial charge in [-0.2, -0.15) is 5.10 Å². The molecule has 0 unspecified atom stereocenters. The number of hydrazone groups is 1. The lowest BCUT2D eigenvalue weighted by molar-refractivity contribution is -0.384. The van der Waals surface area contributed by atoms with Crippen LogP contribution in [0.1, 0.15) is 62.5 Å². The second-order valence-corrected chi connectivity index (χ2v) is 11.0. The lowest BCUT2D eigenvalue weighted by Gasteiger charge is -2.33. The topological polar surface area (TPSA) is 120 Å². The fraction of sp³-hybridized carbons (Fsp3) is 0.300. The van der Waals surface area contributed by atoms with E-state index in [1.54, 1.807) is 24.3 Å². The Morgan fingerprint density at radius 3 is 2.23 bits per heavy atom. The summed E-state index contributed by atoms with van der Waals surface area (Å²) in [5, 5.41) is 14.7. The maximum absolute atomic E-state index is 12.3. The van der Waals surface area contributed by atoms with Crippen molar-refractivity contribution in [1.82, 2.24) is 5.43 Å². The molecule has 0 bridgehead atoms.